The highest BCUT2D eigenvalue weighted by Crippen LogP contribution is 2.47. The first-order chi connectivity index (χ1) is 14.8. The van der Waals surface area contributed by atoms with Gasteiger partial charge in [0, 0.05) is 24.1 Å². The fraction of sp³-hybridized carbons (Fsp3) is 0.417. The molecule has 0 amide bonds. The number of nitrogens with zero attached hydrogens (tertiary/aromatic N) is 1. The molecular weight excluding hydrogens is 418 g/mol. The summed E-state index contributed by atoms with van der Waals surface area (Å²) in [6.45, 7) is 5.31. The summed E-state index contributed by atoms with van der Waals surface area (Å²) in [5, 5.41) is 0.277. The molecule has 3 rings (SSSR count). The molecule has 6 nitrogen and oxygen atoms in total. The van der Waals surface area contributed by atoms with Gasteiger partial charge in [-0.1, -0.05) is 30.7 Å². The van der Waals surface area contributed by atoms with E-state index in [0.717, 1.165) is 19.5 Å². The quantitative estimate of drug-likeness (QED) is 0.360. The lowest BCUT2D eigenvalue weighted by Crippen LogP contribution is -2.36. The van der Waals surface area contributed by atoms with Crippen LogP contribution in [0.25, 0.3) is 0 Å². The van der Waals surface area contributed by atoms with Crippen molar-refractivity contribution in [3.05, 3.63) is 52.0 Å². The molecule has 1 heterocycles. The van der Waals surface area contributed by atoms with Gasteiger partial charge in [0.25, 0.3) is 0 Å². The second-order valence-electron chi connectivity index (χ2n) is 7.96. The van der Waals surface area contributed by atoms with Gasteiger partial charge in [-0.3, -0.25) is 4.79 Å². The molecule has 1 fully saturated rings. The van der Waals surface area contributed by atoms with Gasteiger partial charge in [-0.05, 0) is 45.0 Å². The molecule has 0 unspecified atom stereocenters. The zero-order chi connectivity index (χ0) is 22.7. The first-order valence-electron chi connectivity index (χ1n) is 10.2. The number of halogens is 1. The van der Waals surface area contributed by atoms with E-state index in [1.807, 2.05) is 0 Å². The second-order valence-corrected chi connectivity index (χ2v) is 8.37. The van der Waals surface area contributed by atoms with Crippen molar-refractivity contribution in [2.24, 2.45) is 5.92 Å². The van der Waals surface area contributed by atoms with Gasteiger partial charge in [-0.15, -0.1) is 0 Å². The molecule has 0 bridgehead atoms. The number of rotatable bonds is 6. The van der Waals surface area contributed by atoms with Crippen LogP contribution >= 0.6 is 11.6 Å². The Morgan fingerprint density at radius 3 is 2.42 bits per heavy atom. The molecule has 0 saturated carbocycles. The van der Waals surface area contributed by atoms with E-state index in [1.54, 1.807) is 37.4 Å². The zero-order valence-corrected chi connectivity index (χ0v) is 19.3. The topological polar surface area (TPSA) is 65.1 Å². The van der Waals surface area contributed by atoms with Crippen molar-refractivity contribution >= 4 is 23.4 Å². The van der Waals surface area contributed by atoms with E-state index < -0.39 is 5.97 Å². The Balaban J connectivity index is 2.23. The molecule has 31 heavy (non-hydrogen) atoms. The lowest BCUT2D eigenvalue weighted by molar-refractivity contribution is 0.0727. The summed E-state index contributed by atoms with van der Waals surface area (Å²) in [6.07, 6.45) is 0.976. The van der Waals surface area contributed by atoms with E-state index in [-0.39, 0.29) is 33.6 Å². The van der Waals surface area contributed by atoms with E-state index in [0.29, 0.717) is 23.0 Å². The lowest BCUT2D eigenvalue weighted by Gasteiger charge is -2.37. The third-order valence-electron chi connectivity index (χ3n) is 5.86. The minimum absolute atomic E-state index is 0.00625. The number of esters is 1. The Hall–Kier alpha value is -2.57. The number of likely N-dealkylation sites (N-methyl/N-ethyl adjacent to an activating group) is 1. The summed E-state index contributed by atoms with van der Waals surface area (Å²) in [4.78, 5) is 28.0. The molecule has 2 atom stereocenters. The van der Waals surface area contributed by atoms with Crippen molar-refractivity contribution in [2.45, 2.75) is 26.2 Å². The van der Waals surface area contributed by atoms with Crippen LogP contribution in [0.4, 0.5) is 0 Å². The van der Waals surface area contributed by atoms with Crippen LogP contribution in [0.2, 0.25) is 5.02 Å². The van der Waals surface area contributed by atoms with Gasteiger partial charge < -0.3 is 19.1 Å². The molecule has 1 aliphatic heterocycles. The molecule has 2 aromatic rings. The number of ketones is 1. The van der Waals surface area contributed by atoms with Crippen molar-refractivity contribution < 1.29 is 23.8 Å². The van der Waals surface area contributed by atoms with Crippen molar-refractivity contribution in [3.8, 4) is 17.2 Å². The fourth-order valence-corrected chi connectivity index (χ4v) is 4.34. The van der Waals surface area contributed by atoms with Crippen molar-refractivity contribution in [3.63, 3.8) is 0 Å². The molecule has 0 spiro atoms. The maximum Gasteiger partial charge on any atom is 0.345 e. The summed E-state index contributed by atoms with van der Waals surface area (Å²) in [5.41, 5.74) is 1.15. The number of carbonyl (C=O) groups is 2. The van der Waals surface area contributed by atoms with Gasteiger partial charge in [0.15, 0.2) is 11.5 Å². The van der Waals surface area contributed by atoms with Crippen LogP contribution in [0, 0.1) is 5.92 Å². The number of hydrogen-bond acceptors (Lipinski definition) is 6. The highest BCUT2D eigenvalue weighted by Gasteiger charge is 2.35. The number of carbonyl (C=O) groups excluding carboxylic acids is 2. The van der Waals surface area contributed by atoms with Gasteiger partial charge in [0.05, 0.1) is 24.8 Å². The van der Waals surface area contributed by atoms with Crippen LogP contribution in [-0.4, -0.2) is 51.0 Å². The summed E-state index contributed by atoms with van der Waals surface area (Å²) < 4.78 is 17.1. The third-order valence-corrected chi connectivity index (χ3v) is 6.19. The van der Waals surface area contributed by atoms with E-state index >= 15 is 0 Å². The number of ether oxygens (including phenoxy) is 3. The van der Waals surface area contributed by atoms with Crippen LogP contribution in [0.15, 0.2) is 30.3 Å². The Labute approximate surface area is 188 Å². The Bertz CT molecular complexity index is 990. The lowest BCUT2D eigenvalue weighted by atomic mass is 9.80. The molecule has 0 radical (unpaired) electrons. The third kappa shape index (κ3) is 4.70. The average Bonchev–Trinajstić information content (AvgIpc) is 2.74. The maximum absolute atomic E-state index is 13.1. The molecule has 0 aliphatic carbocycles. The molecule has 1 aliphatic rings. The van der Waals surface area contributed by atoms with E-state index in [9.17, 15) is 9.59 Å². The first-order valence-corrected chi connectivity index (χ1v) is 10.6. The van der Waals surface area contributed by atoms with E-state index in [4.69, 9.17) is 25.8 Å². The average molecular weight is 446 g/mol. The van der Waals surface area contributed by atoms with Gasteiger partial charge in [0.1, 0.15) is 17.1 Å². The minimum atomic E-state index is -0.638. The van der Waals surface area contributed by atoms with E-state index in [1.165, 1.54) is 14.0 Å². The number of piperidine rings is 1. The molecule has 0 N–H and O–H groups in total. The standard InChI is InChI=1S/C24H28ClNO5/c1-14-10-11-26(3)13-17(14)22-20(30-5)12-19(29-4)21(15(2)27)23(22)31-24(28)16-8-6-7-9-18(16)25/h6-9,12,14,17H,10-11,13H2,1-5H3/t14-,17+/m0/s1. The predicted molar refractivity (Wildman–Crippen MR) is 120 cm³/mol. The second kappa shape index (κ2) is 9.71. The molecule has 1 saturated heterocycles. The van der Waals surface area contributed by atoms with Crippen LogP contribution in [0.3, 0.4) is 0 Å². The first kappa shape index (κ1) is 23.1. The van der Waals surface area contributed by atoms with Gasteiger partial charge >= 0.3 is 5.97 Å². The van der Waals surface area contributed by atoms with Gasteiger partial charge in [-0.2, -0.15) is 0 Å². The van der Waals surface area contributed by atoms with Crippen LogP contribution < -0.4 is 14.2 Å². The smallest absolute Gasteiger partial charge is 0.345 e. The highest BCUT2D eigenvalue weighted by atomic mass is 35.5. The number of likely N-dealkylation sites (tertiary alicyclic amines) is 1. The molecule has 166 valence electrons. The van der Waals surface area contributed by atoms with Crippen molar-refractivity contribution in [1.29, 1.82) is 0 Å². The van der Waals surface area contributed by atoms with Crippen LogP contribution in [-0.2, 0) is 0 Å². The maximum atomic E-state index is 13.1. The van der Waals surface area contributed by atoms with Crippen molar-refractivity contribution in [1.82, 2.24) is 4.90 Å². The predicted octanol–water partition coefficient (Wildman–Crippen LogP) is 4.83. The number of hydrogen-bond donors (Lipinski definition) is 0. The molecule has 2 aromatic carbocycles. The Morgan fingerprint density at radius 2 is 1.81 bits per heavy atom. The largest absolute Gasteiger partial charge is 0.496 e. The fourth-order valence-electron chi connectivity index (χ4n) is 4.13. The van der Waals surface area contributed by atoms with Crippen LogP contribution in [0.1, 0.15) is 52.5 Å². The number of methoxy groups -OCH3 is 2. The minimum Gasteiger partial charge on any atom is -0.496 e. The summed E-state index contributed by atoms with van der Waals surface area (Å²) in [6, 6.07) is 8.35. The number of benzene rings is 2. The van der Waals surface area contributed by atoms with E-state index in [2.05, 4.69) is 18.9 Å². The zero-order valence-electron chi connectivity index (χ0n) is 18.5. The van der Waals surface area contributed by atoms with Gasteiger partial charge in [0.2, 0.25) is 0 Å². The normalized spacial score (nSPS) is 19.0. The summed E-state index contributed by atoms with van der Waals surface area (Å²) in [7, 11) is 5.08. The Morgan fingerprint density at radius 1 is 1.13 bits per heavy atom. The number of Topliss-reactive ketones (excluding diaryl/α,β-unsaturated/α-hetero) is 1. The SMILES string of the molecule is COc1cc(OC)c([C@@H]2CN(C)CC[C@@H]2C)c(OC(=O)c2ccccc2Cl)c1C(C)=O. The Kier molecular flexibility index (Phi) is 7.23. The summed E-state index contributed by atoms with van der Waals surface area (Å²) in [5.74, 6) is 0.410. The molecule has 7 heteroatoms. The monoisotopic (exact) mass is 445 g/mol. The highest BCUT2D eigenvalue weighted by molar-refractivity contribution is 6.33. The van der Waals surface area contributed by atoms with Crippen molar-refractivity contribution in [2.75, 3.05) is 34.4 Å². The molecule has 0 aromatic heterocycles. The summed E-state index contributed by atoms with van der Waals surface area (Å²) >= 11 is 6.21. The molecular formula is C24H28ClNO5. The van der Waals surface area contributed by atoms with Crippen LogP contribution in [0.5, 0.6) is 17.2 Å². The van der Waals surface area contributed by atoms with Gasteiger partial charge in [-0.25, -0.2) is 4.79 Å².